The van der Waals surface area contributed by atoms with Crippen molar-refractivity contribution in [3.63, 3.8) is 0 Å². The third kappa shape index (κ3) is 2.51. The molecule has 1 unspecified atom stereocenters. The highest BCUT2D eigenvalue weighted by Gasteiger charge is 2.28. The molecule has 0 aromatic carbocycles. The minimum atomic E-state index is -2.17. The van der Waals surface area contributed by atoms with Gasteiger partial charge in [0.25, 0.3) is 0 Å². The number of nitrogens with zero attached hydrogens (tertiary/aromatic N) is 2. The van der Waals surface area contributed by atoms with Crippen molar-refractivity contribution in [3.8, 4) is 0 Å². The summed E-state index contributed by atoms with van der Waals surface area (Å²) in [5.74, 6) is 0. The molecule has 0 aliphatic heterocycles. The predicted molar refractivity (Wildman–Crippen MR) is 48.2 cm³/mol. The van der Waals surface area contributed by atoms with Gasteiger partial charge in [-0.05, 0) is 0 Å². The average Bonchev–Trinajstić information content (AvgIpc) is 2.30. The Kier molecular flexibility index (Phi) is 3.30. The lowest BCUT2D eigenvalue weighted by molar-refractivity contribution is 0.562. The van der Waals surface area contributed by atoms with E-state index in [0.717, 1.165) is 11.3 Å². The van der Waals surface area contributed by atoms with E-state index in [1.165, 1.54) is 0 Å². The molecule has 0 saturated heterocycles. The van der Waals surface area contributed by atoms with Gasteiger partial charge >= 0.3 is 0 Å². The van der Waals surface area contributed by atoms with Crippen LogP contribution < -0.4 is 0 Å². The van der Waals surface area contributed by atoms with Gasteiger partial charge in [0, 0.05) is 0 Å². The largest absolute Gasteiger partial charge is 0.300 e. The first kappa shape index (κ1) is 10.6. The molecule has 1 aromatic rings. The molecule has 4 nitrogen and oxygen atoms in total. The van der Waals surface area contributed by atoms with Crippen LogP contribution in [0.3, 0.4) is 0 Å². The van der Waals surface area contributed by atoms with E-state index >= 15 is 0 Å². The van der Waals surface area contributed by atoms with E-state index in [-0.39, 0.29) is 9.35 Å². The van der Waals surface area contributed by atoms with Crippen molar-refractivity contribution in [1.29, 1.82) is 0 Å². The van der Waals surface area contributed by atoms with E-state index < -0.39 is 14.9 Å². The Labute approximate surface area is 89.1 Å². The van der Waals surface area contributed by atoms with Crippen molar-refractivity contribution in [2.75, 3.05) is 0 Å². The van der Waals surface area contributed by atoms with Gasteiger partial charge in [0.05, 0.1) is 0 Å². The Morgan fingerprint density at radius 3 is 2.25 bits per heavy atom. The minimum absolute atomic E-state index is 0.0740. The summed E-state index contributed by atoms with van der Waals surface area (Å²) in [6, 6.07) is 0. The summed E-state index contributed by atoms with van der Waals surface area (Å²) >= 11 is 14.9. The maximum atomic E-state index is 10.4. The molecular weight excluding hydrogens is 267 g/mol. The van der Waals surface area contributed by atoms with Crippen molar-refractivity contribution < 1.29 is 8.76 Å². The van der Waals surface area contributed by atoms with Crippen LogP contribution in [0.5, 0.6) is 0 Å². The molecule has 0 aliphatic carbocycles. The van der Waals surface area contributed by atoms with E-state index in [2.05, 4.69) is 10.2 Å². The molecule has 1 rings (SSSR count). The lowest BCUT2D eigenvalue weighted by Crippen LogP contribution is -1.98. The Bertz CT molecular complexity index is 309. The molecule has 0 amide bonds. The van der Waals surface area contributed by atoms with Crippen molar-refractivity contribution in [2.45, 2.75) is 8.13 Å². The molecule has 0 radical (unpaired) electrons. The molecule has 0 spiro atoms. The van der Waals surface area contributed by atoms with Crippen molar-refractivity contribution in [1.82, 2.24) is 10.2 Å². The van der Waals surface area contributed by atoms with Crippen LogP contribution in [0.25, 0.3) is 0 Å². The number of aromatic nitrogens is 2. The van der Waals surface area contributed by atoms with Gasteiger partial charge < -0.3 is 4.55 Å². The zero-order valence-electron chi connectivity index (χ0n) is 5.20. The molecule has 68 valence electrons. The van der Waals surface area contributed by atoms with Gasteiger partial charge in [-0.15, -0.1) is 10.2 Å². The van der Waals surface area contributed by atoms with Gasteiger partial charge in [0.2, 0.25) is 19.2 Å². The second-order valence-corrected chi connectivity index (χ2v) is 6.02. The van der Waals surface area contributed by atoms with Gasteiger partial charge in [0.15, 0.2) is 5.01 Å². The number of hydrogen-bond acceptors (Lipinski definition) is 4. The summed E-state index contributed by atoms with van der Waals surface area (Å²) in [6.45, 7) is 0. The van der Waals surface area contributed by atoms with E-state index in [9.17, 15) is 4.21 Å². The highest BCUT2D eigenvalue weighted by molar-refractivity contribution is 7.81. The fraction of sp³-hybridized carbons (Fsp3) is 0.333. The zero-order valence-corrected chi connectivity index (χ0v) is 9.10. The Morgan fingerprint density at radius 1 is 1.42 bits per heavy atom. The van der Waals surface area contributed by atoms with Crippen LogP contribution in [-0.2, 0) is 14.9 Å². The highest BCUT2D eigenvalue weighted by Crippen LogP contribution is 2.39. The first-order chi connectivity index (χ1) is 5.41. The van der Waals surface area contributed by atoms with Crippen LogP contribution in [0, 0.1) is 0 Å². The van der Waals surface area contributed by atoms with Crippen LogP contribution in [0.4, 0.5) is 0 Å². The Morgan fingerprint density at radius 2 is 2.00 bits per heavy atom. The fourth-order valence-electron chi connectivity index (χ4n) is 0.395. The number of alkyl halides is 3. The molecule has 1 aromatic heterocycles. The van der Waals surface area contributed by atoms with Crippen LogP contribution >= 0.6 is 46.1 Å². The third-order valence-corrected chi connectivity index (χ3v) is 3.57. The number of hydrogen-bond donors (Lipinski definition) is 1. The molecule has 9 heteroatoms. The van der Waals surface area contributed by atoms with E-state index in [1.54, 1.807) is 0 Å². The van der Waals surface area contributed by atoms with Crippen LogP contribution in [0.2, 0.25) is 0 Å². The molecular formula is C3HCl3N2O2S2. The van der Waals surface area contributed by atoms with Gasteiger partial charge in [-0.2, -0.15) is 0 Å². The maximum Gasteiger partial charge on any atom is 0.243 e. The summed E-state index contributed by atoms with van der Waals surface area (Å²) < 4.78 is 17.2. The molecule has 0 fully saturated rings. The summed E-state index contributed by atoms with van der Waals surface area (Å²) in [6.07, 6.45) is 0. The van der Waals surface area contributed by atoms with Crippen LogP contribution in [-0.4, -0.2) is 19.0 Å². The molecule has 1 N–H and O–H groups in total. The normalized spacial score (nSPS) is 14.7. The fourth-order valence-corrected chi connectivity index (χ4v) is 1.93. The minimum Gasteiger partial charge on any atom is -0.300 e. The number of rotatable bonds is 1. The smallest absolute Gasteiger partial charge is 0.243 e. The topological polar surface area (TPSA) is 63.1 Å². The van der Waals surface area contributed by atoms with E-state index in [0.29, 0.717) is 0 Å². The van der Waals surface area contributed by atoms with E-state index in [4.69, 9.17) is 39.4 Å². The standard InChI is InChI=1S/C3HCl3N2O2S2/c4-3(5,6)1-7-8-2(11-1)12(9)10/h(H,9,10). The molecule has 0 bridgehead atoms. The second-order valence-electron chi connectivity index (χ2n) is 1.62. The zero-order chi connectivity index (χ0) is 9.35. The Hall–Kier alpha value is 0.540. The quantitative estimate of drug-likeness (QED) is 0.624. The third-order valence-electron chi connectivity index (χ3n) is 0.798. The van der Waals surface area contributed by atoms with Crippen molar-refractivity contribution in [2.24, 2.45) is 0 Å². The molecule has 0 aliphatic rings. The summed E-state index contributed by atoms with van der Waals surface area (Å²) in [5, 5.41) is 6.85. The first-order valence-electron chi connectivity index (χ1n) is 2.43. The van der Waals surface area contributed by atoms with Gasteiger partial charge in [-0.1, -0.05) is 46.1 Å². The average molecular weight is 268 g/mol. The molecule has 0 saturated carbocycles. The first-order valence-corrected chi connectivity index (χ1v) is 5.48. The lowest BCUT2D eigenvalue weighted by atomic mass is 10.8. The van der Waals surface area contributed by atoms with Gasteiger partial charge in [0.1, 0.15) is 0 Å². The maximum absolute atomic E-state index is 10.4. The van der Waals surface area contributed by atoms with Gasteiger partial charge in [-0.3, -0.25) is 0 Å². The van der Waals surface area contributed by atoms with E-state index in [1.807, 2.05) is 0 Å². The molecule has 1 heterocycles. The predicted octanol–water partition coefficient (Wildman–Crippen LogP) is 1.95. The summed E-state index contributed by atoms with van der Waals surface area (Å²) in [4.78, 5) is 0. The summed E-state index contributed by atoms with van der Waals surface area (Å²) in [5.41, 5.74) is 0. The van der Waals surface area contributed by atoms with Gasteiger partial charge in [-0.25, -0.2) is 4.21 Å². The lowest BCUT2D eigenvalue weighted by Gasteiger charge is -2.02. The second kappa shape index (κ2) is 3.73. The van der Waals surface area contributed by atoms with Crippen LogP contribution in [0.1, 0.15) is 5.01 Å². The molecule has 1 atom stereocenters. The summed E-state index contributed by atoms with van der Waals surface area (Å²) in [7, 11) is 0. The number of halogens is 3. The van der Waals surface area contributed by atoms with Crippen molar-refractivity contribution >= 4 is 57.2 Å². The van der Waals surface area contributed by atoms with Crippen molar-refractivity contribution in [3.05, 3.63) is 5.01 Å². The monoisotopic (exact) mass is 266 g/mol. The SMILES string of the molecule is O=S(O)c1nnc(C(Cl)(Cl)Cl)s1. The Balaban J connectivity index is 3.00. The highest BCUT2D eigenvalue weighted by atomic mass is 35.6. The molecule has 12 heavy (non-hydrogen) atoms. The van der Waals surface area contributed by atoms with Crippen LogP contribution in [0.15, 0.2) is 4.34 Å².